The second-order valence-corrected chi connectivity index (χ2v) is 6.03. The van der Waals surface area contributed by atoms with E-state index >= 15 is 0 Å². The standard InChI is InChI=1S/C22H22/c1-15-14-22(18(4)17(3)16(15)2)21-13-9-8-12-20(21)19-10-6-5-7-11-19/h5-14H,1-4H3. The van der Waals surface area contributed by atoms with Crippen molar-refractivity contribution < 1.29 is 0 Å². The first-order chi connectivity index (χ1) is 10.6. The monoisotopic (exact) mass is 286 g/mol. The molecule has 0 aromatic heterocycles. The van der Waals surface area contributed by atoms with Crippen LogP contribution < -0.4 is 0 Å². The summed E-state index contributed by atoms with van der Waals surface area (Å²) in [7, 11) is 0. The average Bonchev–Trinajstić information content (AvgIpc) is 2.57. The van der Waals surface area contributed by atoms with Crippen molar-refractivity contribution in [2.24, 2.45) is 0 Å². The Morgan fingerprint density at radius 1 is 0.500 bits per heavy atom. The predicted molar refractivity (Wildman–Crippen MR) is 96.3 cm³/mol. The molecule has 0 heterocycles. The van der Waals surface area contributed by atoms with Gasteiger partial charge in [-0.1, -0.05) is 60.7 Å². The summed E-state index contributed by atoms with van der Waals surface area (Å²) in [5, 5.41) is 0. The van der Waals surface area contributed by atoms with Gasteiger partial charge in [-0.3, -0.25) is 0 Å². The lowest BCUT2D eigenvalue weighted by molar-refractivity contribution is 1.22. The van der Waals surface area contributed by atoms with Crippen LogP contribution in [0.5, 0.6) is 0 Å². The minimum atomic E-state index is 1.27. The van der Waals surface area contributed by atoms with Crippen molar-refractivity contribution >= 4 is 0 Å². The third-order valence-corrected chi connectivity index (χ3v) is 4.78. The third-order valence-electron chi connectivity index (χ3n) is 4.78. The molecule has 0 aliphatic heterocycles. The summed E-state index contributed by atoms with van der Waals surface area (Å²) in [5.41, 5.74) is 10.8. The quantitative estimate of drug-likeness (QED) is 0.522. The summed E-state index contributed by atoms with van der Waals surface area (Å²) in [4.78, 5) is 0. The number of aryl methyl sites for hydroxylation is 1. The molecule has 3 aromatic rings. The van der Waals surface area contributed by atoms with E-state index in [-0.39, 0.29) is 0 Å². The van der Waals surface area contributed by atoms with Gasteiger partial charge < -0.3 is 0 Å². The molecule has 0 saturated heterocycles. The molecule has 0 fully saturated rings. The highest BCUT2D eigenvalue weighted by molar-refractivity contribution is 5.85. The van der Waals surface area contributed by atoms with E-state index in [1.807, 2.05) is 0 Å². The van der Waals surface area contributed by atoms with Gasteiger partial charge in [0.05, 0.1) is 0 Å². The van der Waals surface area contributed by atoms with E-state index < -0.39 is 0 Å². The molecular formula is C22H22. The summed E-state index contributed by atoms with van der Waals surface area (Å²) in [6.45, 7) is 8.88. The van der Waals surface area contributed by atoms with Crippen LogP contribution in [-0.2, 0) is 0 Å². The lowest BCUT2D eigenvalue weighted by atomic mass is 9.87. The average molecular weight is 286 g/mol. The maximum atomic E-state index is 2.33. The topological polar surface area (TPSA) is 0 Å². The molecule has 110 valence electrons. The maximum Gasteiger partial charge on any atom is -0.0103 e. The summed E-state index contributed by atoms with van der Waals surface area (Å²) >= 11 is 0. The van der Waals surface area contributed by atoms with Crippen LogP contribution in [0.15, 0.2) is 60.7 Å². The molecule has 0 nitrogen and oxygen atoms in total. The zero-order valence-electron chi connectivity index (χ0n) is 13.8. The van der Waals surface area contributed by atoms with Gasteiger partial charge in [0.1, 0.15) is 0 Å². The van der Waals surface area contributed by atoms with Crippen molar-refractivity contribution in [3.63, 3.8) is 0 Å². The Bertz CT molecular complexity index is 811. The van der Waals surface area contributed by atoms with Gasteiger partial charge >= 0.3 is 0 Å². The zero-order chi connectivity index (χ0) is 15.7. The van der Waals surface area contributed by atoms with Crippen molar-refractivity contribution in [1.82, 2.24) is 0 Å². The molecule has 0 radical (unpaired) electrons. The van der Waals surface area contributed by atoms with E-state index in [4.69, 9.17) is 0 Å². The molecule has 0 heteroatoms. The molecule has 0 bridgehead atoms. The first kappa shape index (κ1) is 14.6. The Morgan fingerprint density at radius 2 is 1.09 bits per heavy atom. The number of rotatable bonds is 2. The fraction of sp³-hybridized carbons (Fsp3) is 0.182. The molecule has 0 saturated carbocycles. The van der Waals surface area contributed by atoms with Gasteiger partial charge in [-0.15, -0.1) is 0 Å². The molecule has 3 aromatic carbocycles. The Morgan fingerprint density at radius 3 is 1.77 bits per heavy atom. The van der Waals surface area contributed by atoms with E-state index in [1.54, 1.807) is 0 Å². The van der Waals surface area contributed by atoms with Crippen LogP contribution in [0, 0.1) is 27.7 Å². The van der Waals surface area contributed by atoms with E-state index in [2.05, 4.69) is 88.4 Å². The van der Waals surface area contributed by atoms with Crippen molar-refractivity contribution in [1.29, 1.82) is 0 Å². The molecule has 0 atom stereocenters. The number of hydrogen-bond donors (Lipinski definition) is 0. The second-order valence-electron chi connectivity index (χ2n) is 6.03. The SMILES string of the molecule is Cc1cc(-c2ccccc2-c2ccccc2)c(C)c(C)c1C. The highest BCUT2D eigenvalue weighted by Crippen LogP contribution is 2.36. The van der Waals surface area contributed by atoms with Gasteiger partial charge in [0.15, 0.2) is 0 Å². The van der Waals surface area contributed by atoms with Crippen molar-refractivity contribution in [2.75, 3.05) is 0 Å². The van der Waals surface area contributed by atoms with E-state index in [1.165, 1.54) is 44.5 Å². The van der Waals surface area contributed by atoms with Crippen LogP contribution in [0.2, 0.25) is 0 Å². The molecule has 0 amide bonds. The normalized spacial score (nSPS) is 10.7. The van der Waals surface area contributed by atoms with Gasteiger partial charge in [0.25, 0.3) is 0 Å². The van der Waals surface area contributed by atoms with Crippen LogP contribution in [0.4, 0.5) is 0 Å². The van der Waals surface area contributed by atoms with Crippen LogP contribution in [0.3, 0.4) is 0 Å². The minimum Gasteiger partial charge on any atom is -0.0622 e. The summed E-state index contributed by atoms with van der Waals surface area (Å²) in [6.07, 6.45) is 0. The summed E-state index contributed by atoms with van der Waals surface area (Å²) in [6, 6.07) is 21.7. The lowest BCUT2D eigenvalue weighted by Gasteiger charge is -2.17. The molecule has 0 aliphatic carbocycles. The van der Waals surface area contributed by atoms with Crippen molar-refractivity contribution in [2.45, 2.75) is 27.7 Å². The maximum absolute atomic E-state index is 2.33. The van der Waals surface area contributed by atoms with Gasteiger partial charge in [-0.05, 0) is 72.2 Å². The molecule has 22 heavy (non-hydrogen) atoms. The van der Waals surface area contributed by atoms with Gasteiger partial charge in [-0.25, -0.2) is 0 Å². The first-order valence-corrected chi connectivity index (χ1v) is 7.82. The van der Waals surface area contributed by atoms with E-state index in [0.717, 1.165) is 0 Å². The van der Waals surface area contributed by atoms with Crippen LogP contribution in [0.1, 0.15) is 22.3 Å². The van der Waals surface area contributed by atoms with Gasteiger partial charge in [0.2, 0.25) is 0 Å². The molecule has 0 spiro atoms. The van der Waals surface area contributed by atoms with Crippen molar-refractivity contribution in [3.05, 3.63) is 82.9 Å². The second kappa shape index (κ2) is 5.81. The van der Waals surface area contributed by atoms with Gasteiger partial charge in [0, 0.05) is 0 Å². The Balaban J connectivity index is 2.27. The molecule has 0 aliphatic rings. The van der Waals surface area contributed by atoms with E-state index in [0.29, 0.717) is 0 Å². The first-order valence-electron chi connectivity index (χ1n) is 7.82. The number of benzene rings is 3. The fourth-order valence-electron chi connectivity index (χ4n) is 3.08. The zero-order valence-corrected chi connectivity index (χ0v) is 13.8. The van der Waals surface area contributed by atoms with Crippen LogP contribution in [-0.4, -0.2) is 0 Å². The smallest absolute Gasteiger partial charge is 0.0103 e. The Kier molecular flexibility index (Phi) is 3.85. The summed E-state index contributed by atoms with van der Waals surface area (Å²) in [5.74, 6) is 0. The van der Waals surface area contributed by atoms with Crippen LogP contribution >= 0.6 is 0 Å². The largest absolute Gasteiger partial charge is 0.0622 e. The lowest BCUT2D eigenvalue weighted by Crippen LogP contribution is -1.96. The molecule has 0 N–H and O–H groups in total. The predicted octanol–water partition coefficient (Wildman–Crippen LogP) is 6.25. The Labute approximate surface area is 133 Å². The van der Waals surface area contributed by atoms with Crippen LogP contribution in [0.25, 0.3) is 22.3 Å². The fourth-order valence-corrected chi connectivity index (χ4v) is 3.08. The highest BCUT2D eigenvalue weighted by atomic mass is 14.2. The highest BCUT2D eigenvalue weighted by Gasteiger charge is 2.12. The molecule has 3 rings (SSSR count). The minimum absolute atomic E-state index is 1.27. The van der Waals surface area contributed by atoms with Crippen molar-refractivity contribution in [3.8, 4) is 22.3 Å². The Hall–Kier alpha value is -2.34. The summed E-state index contributed by atoms with van der Waals surface area (Å²) < 4.78 is 0. The number of hydrogen-bond acceptors (Lipinski definition) is 0. The van der Waals surface area contributed by atoms with E-state index in [9.17, 15) is 0 Å². The van der Waals surface area contributed by atoms with Gasteiger partial charge in [-0.2, -0.15) is 0 Å². The molecule has 0 unspecified atom stereocenters. The third kappa shape index (κ3) is 2.46. The molecular weight excluding hydrogens is 264 g/mol.